The molecule has 0 aliphatic carbocycles. The van der Waals surface area contributed by atoms with Gasteiger partial charge in [0.2, 0.25) is 0 Å². The number of rotatable bonds is 4. The van der Waals surface area contributed by atoms with Crippen LogP contribution in [0.3, 0.4) is 0 Å². The zero-order valence-electron chi connectivity index (χ0n) is 42.0. The second kappa shape index (κ2) is 11.0. The Bertz CT molecular complexity index is 3740. The smallest absolute Gasteiger partial charge is 0.164 e. The molecule has 0 saturated carbocycles. The Kier molecular flexibility index (Phi) is 3.47. The highest BCUT2D eigenvalue weighted by Crippen LogP contribution is 2.41. The molecule has 228 valence electrons. The van der Waals surface area contributed by atoms with Gasteiger partial charge in [0.05, 0.1) is 23.3 Å². The summed E-state index contributed by atoms with van der Waals surface area (Å²) >= 11 is 0. The van der Waals surface area contributed by atoms with Gasteiger partial charge in [-0.25, -0.2) is 15.0 Å². The first kappa shape index (κ1) is 15.5. The molecule has 0 amide bonds. The van der Waals surface area contributed by atoms with E-state index in [1.165, 1.54) is 0 Å². The summed E-state index contributed by atoms with van der Waals surface area (Å²) in [7, 11) is 0. The second-order valence-corrected chi connectivity index (χ2v) is 11.0. The molecule has 8 aromatic carbocycles. The molecule has 4 heteroatoms. The highest BCUT2D eigenvalue weighted by molar-refractivity contribution is 6.26. The summed E-state index contributed by atoms with van der Waals surface area (Å²) in [6.07, 6.45) is 0. The van der Waals surface area contributed by atoms with Crippen LogP contribution in [-0.2, 0) is 0 Å². The van der Waals surface area contributed by atoms with Crippen molar-refractivity contribution in [1.29, 1.82) is 0 Å². The van der Waals surface area contributed by atoms with Gasteiger partial charge >= 0.3 is 0 Å². The van der Waals surface area contributed by atoms with E-state index in [-0.39, 0.29) is 50.0 Å². The summed E-state index contributed by atoms with van der Waals surface area (Å²) < 4.78 is 160. The van der Waals surface area contributed by atoms with Crippen LogP contribution in [-0.4, -0.2) is 15.0 Å². The Balaban J connectivity index is 1.36. The van der Waals surface area contributed by atoms with E-state index in [4.69, 9.17) is 18.1 Å². The largest absolute Gasteiger partial charge is 0.456 e. The normalized spacial score (nSPS) is 16.5. The average Bonchev–Trinajstić information content (AvgIpc) is 3.73. The van der Waals surface area contributed by atoms with Crippen molar-refractivity contribution in [2.75, 3.05) is 0 Å². The summed E-state index contributed by atoms with van der Waals surface area (Å²) in [4.78, 5) is 13.9. The molecule has 49 heavy (non-hydrogen) atoms. The van der Waals surface area contributed by atoms with E-state index in [0.717, 1.165) is 0 Å². The van der Waals surface area contributed by atoms with E-state index in [0.29, 0.717) is 11.1 Å². The molecular formula is C45H27N3O. The fourth-order valence-corrected chi connectivity index (χ4v) is 5.95. The summed E-state index contributed by atoms with van der Waals surface area (Å²) in [6.45, 7) is 0. The SMILES string of the molecule is [2H]c1c([2H])c(-c2c([2H])c([2H])c3c4c([2H])c([2H])c([2H])c([2H])c4c4c([2H])c([2H])c([2H])c([2H])c4c3c2[2H])c2c(oc3c([2H])c(-c4nc(-c5ccccc5)nc(-c5ccccc5)n4)c([2H])c([2H])c32)c1[2H]. The van der Waals surface area contributed by atoms with E-state index >= 15 is 0 Å². The molecule has 10 rings (SSSR count). The maximum Gasteiger partial charge on any atom is 0.164 e. The van der Waals surface area contributed by atoms with Gasteiger partial charge in [-0.15, -0.1) is 0 Å². The molecule has 0 spiro atoms. The zero-order valence-corrected chi connectivity index (χ0v) is 25.0. The predicted octanol–water partition coefficient (Wildman–Crippen LogP) is 11.9. The third kappa shape index (κ3) is 4.49. The van der Waals surface area contributed by atoms with Gasteiger partial charge in [0.25, 0.3) is 0 Å². The number of hydrogen-bond donors (Lipinski definition) is 0. The molecule has 0 fully saturated rings. The summed E-state index contributed by atoms with van der Waals surface area (Å²) in [6, 6.07) is 5.72. The van der Waals surface area contributed by atoms with Crippen LogP contribution in [0.25, 0.3) is 99.5 Å². The third-order valence-corrected chi connectivity index (χ3v) is 8.18. The van der Waals surface area contributed by atoms with E-state index in [1.807, 2.05) is 0 Å². The zero-order chi connectivity index (χ0) is 47.1. The van der Waals surface area contributed by atoms with Crippen molar-refractivity contribution in [2.45, 2.75) is 0 Å². The maximum atomic E-state index is 9.79. The minimum Gasteiger partial charge on any atom is -0.456 e. The van der Waals surface area contributed by atoms with Gasteiger partial charge in [-0.05, 0) is 67.6 Å². The lowest BCUT2D eigenvalue weighted by Gasteiger charge is -2.12. The minimum absolute atomic E-state index is 0.167. The van der Waals surface area contributed by atoms with Crippen molar-refractivity contribution in [3.05, 3.63) is 163 Å². The van der Waals surface area contributed by atoms with Crippen LogP contribution in [0.15, 0.2) is 168 Å². The highest BCUT2D eigenvalue weighted by atomic mass is 16.3. The molecule has 0 aliphatic heterocycles. The lowest BCUT2D eigenvalue weighted by atomic mass is 9.91. The first-order valence-electron chi connectivity index (χ1n) is 23.6. The highest BCUT2D eigenvalue weighted by Gasteiger charge is 2.17. The Morgan fingerprint density at radius 3 is 1.51 bits per heavy atom. The van der Waals surface area contributed by atoms with Gasteiger partial charge in [0.15, 0.2) is 17.5 Å². The van der Waals surface area contributed by atoms with Crippen molar-refractivity contribution in [3.8, 4) is 45.3 Å². The molecule has 0 atom stereocenters. The standard InChI is InChI=1S/C45H27N3O/c1-3-12-28(13-4-1)43-46-44(29-14-5-2-6-15-29)48-45(47-43)31-23-25-38-41(27-31)49-40-21-11-20-32(42(38)40)30-22-24-37-35-18-8-7-16-33(35)34-17-9-10-19-36(34)39(37)26-30/h1-27H/i7D,8D,9D,10D,11D,16D,17D,18D,19D,20D,21D,22D,23D,24D,25D,26D,27D. The molecule has 4 nitrogen and oxygen atoms in total. The minimum atomic E-state index is -0.810. The van der Waals surface area contributed by atoms with Gasteiger partial charge in [0.1, 0.15) is 11.2 Å². The van der Waals surface area contributed by atoms with Gasteiger partial charge in [0, 0.05) is 27.5 Å². The van der Waals surface area contributed by atoms with E-state index < -0.39 is 141 Å². The van der Waals surface area contributed by atoms with Gasteiger partial charge in [-0.2, -0.15) is 0 Å². The summed E-state index contributed by atoms with van der Waals surface area (Å²) in [5.74, 6) is 0.216. The summed E-state index contributed by atoms with van der Waals surface area (Å²) in [5, 5.41) is -3.03. The van der Waals surface area contributed by atoms with Crippen LogP contribution in [0.5, 0.6) is 0 Å². The van der Waals surface area contributed by atoms with Crippen LogP contribution in [0.1, 0.15) is 23.3 Å². The fourth-order valence-electron chi connectivity index (χ4n) is 5.95. The molecule has 0 saturated heterocycles. The third-order valence-electron chi connectivity index (χ3n) is 8.18. The topological polar surface area (TPSA) is 51.8 Å². The lowest BCUT2D eigenvalue weighted by Crippen LogP contribution is -2.00. The maximum absolute atomic E-state index is 9.79. The molecule has 0 N–H and O–H groups in total. The van der Waals surface area contributed by atoms with Crippen LogP contribution in [0.4, 0.5) is 0 Å². The van der Waals surface area contributed by atoms with Crippen molar-refractivity contribution in [2.24, 2.45) is 0 Å². The fraction of sp³-hybridized carbons (Fsp3) is 0. The number of hydrogen-bond acceptors (Lipinski definition) is 4. The number of aromatic nitrogens is 3. The predicted molar refractivity (Wildman–Crippen MR) is 201 cm³/mol. The molecule has 0 unspecified atom stereocenters. The Hall–Kier alpha value is -6.65. The number of fused-ring (bicyclic) bond motifs is 9. The van der Waals surface area contributed by atoms with Crippen LogP contribution in [0, 0.1) is 0 Å². The van der Waals surface area contributed by atoms with Gasteiger partial charge in [-0.3, -0.25) is 0 Å². The lowest BCUT2D eigenvalue weighted by molar-refractivity contribution is 0.669. The van der Waals surface area contributed by atoms with Crippen LogP contribution in [0.2, 0.25) is 0 Å². The first-order chi connectivity index (χ1) is 31.4. The quantitative estimate of drug-likeness (QED) is 0.179. The van der Waals surface area contributed by atoms with Crippen LogP contribution >= 0.6 is 0 Å². The summed E-state index contributed by atoms with van der Waals surface area (Å²) in [5.41, 5.74) is -1.01. The molecule has 2 aromatic heterocycles. The monoisotopic (exact) mass is 642 g/mol. The number of benzene rings is 8. The van der Waals surface area contributed by atoms with Gasteiger partial charge in [-0.1, -0.05) is 139 Å². The van der Waals surface area contributed by atoms with Crippen molar-refractivity contribution >= 4 is 54.3 Å². The van der Waals surface area contributed by atoms with Crippen molar-refractivity contribution < 1.29 is 27.7 Å². The molecule has 0 aliphatic rings. The number of furan rings is 1. The van der Waals surface area contributed by atoms with Crippen molar-refractivity contribution in [3.63, 3.8) is 0 Å². The molecule has 10 aromatic rings. The molecular weight excluding hydrogens is 599 g/mol. The molecule has 2 heterocycles. The molecule has 0 radical (unpaired) electrons. The second-order valence-electron chi connectivity index (χ2n) is 11.0. The van der Waals surface area contributed by atoms with Gasteiger partial charge < -0.3 is 4.42 Å². The Labute approximate surface area is 305 Å². The Morgan fingerprint density at radius 2 is 0.898 bits per heavy atom. The first-order valence-corrected chi connectivity index (χ1v) is 15.1. The molecule has 0 bridgehead atoms. The van der Waals surface area contributed by atoms with Crippen molar-refractivity contribution in [1.82, 2.24) is 15.0 Å². The van der Waals surface area contributed by atoms with E-state index in [9.17, 15) is 9.60 Å². The Morgan fingerprint density at radius 1 is 0.388 bits per heavy atom. The van der Waals surface area contributed by atoms with E-state index in [2.05, 4.69) is 15.0 Å². The number of nitrogens with zero attached hydrogens (tertiary/aromatic N) is 3. The van der Waals surface area contributed by atoms with E-state index in [1.54, 1.807) is 60.7 Å². The van der Waals surface area contributed by atoms with Crippen LogP contribution < -0.4 is 0 Å². The average molecular weight is 643 g/mol.